The summed E-state index contributed by atoms with van der Waals surface area (Å²) in [6.45, 7) is 1.74. The SMILES string of the molecule is Cc1cc(C(=O)Nc2cccc(F)c2)cc(Cl)n1. The first-order valence-electron chi connectivity index (χ1n) is 5.26. The number of anilines is 1. The van der Waals surface area contributed by atoms with Crippen molar-refractivity contribution in [1.29, 1.82) is 0 Å². The number of halogens is 2. The second-order valence-corrected chi connectivity index (χ2v) is 4.17. The molecular weight excluding hydrogens is 255 g/mol. The fourth-order valence-electron chi connectivity index (χ4n) is 1.53. The fourth-order valence-corrected chi connectivity index (χ4v) is 1.78. The van der Waals surface area contributed by atoms with Crippen LogP contribution in [0.1, 0.15) is 16.1 Å². The Labute approximate surface area is 109 Å². The minimum atomic E-state index is -0.406. The Kier molecular flexibility index (Phi) is 3.58. The maximum absolute atomic E-state index is 13.0. The van der Waals surface area contributed by atoms with Gasteiger partial charge in [-0.25, -0.2) is 9.37 Å². The summed E-state index contributed by atoms with van der Waals surface area (Å²) in [6, 6.07) is 8.76. The van der Waals surface area contributed by atoms with Gasteiger partial charge in [0.15, 0.2) is 0 Å². The van der Waals surface area contributed by atoms with Crippen molar-refractivity contribution in [2.45, 2.75) is 6.92 Å². The minimum Gasteiger partial charge on any atom is -0.322 e. The standard InChI is InChI=1S/C13H10ClFN2O/c1-8-5-9(6-12(14)16-8)13(18)17-11-4-2-3-10(15)7-11/h2-7H,1H3,(H,17,18). The van der Waals surface area contributed by atoms with E-state index in [0.717, 1.165) is 0 Å². The molecule has 2 aromatic rings. The molecule has 0 saturated carbocycles. The van der Waals surface area contributed by atoms with Crippen LogP contribution in [0.4, 0.5) is 10.1 Å². The van der Waals surface area contributed by atoms with E-state index in [4.69, 9.17) is 11.6 Å². The lowest BCUT2D eigenvalue weighted by atomic mass is 10.2. The molecule has 1 heterocycles. The highest BCUT2D eigenvalue weighted by Gasteiger charge is 2.08. The number of hydrogen-bond acceptors (Lipinski definition) is 2. The van der Waals surface area contributed by atoms with Crippen molar-refractivity contribution in [2.24, 2.45) is 0 Å². The molecule has 0 aliphatic rings. The van der Waals surface area contributed by atoms with Gasteiger partial charge in [0.2, 0.25) is 0 Å². The first kappa shape index (κ1) is 12.5. The van der Waals surface area contributed by atoms with Gasteiger partial charge in [-0.15, -0.1) is 0 Å². The number of nitrogens with zero attached hydrogens (tertiary/aromatic N) is 1. The van der Waals surface area contributed by atoms with Crippen molar-refractivity contribution in [1.82, 2.24) is 4.98 Å². The third kappa shape index (κ3) is 3.05. The molecule has 5 heteroatoms. The molecule has 0 atom stereocenters. The summed E-state index contributed by atoms with van der Waals surface area (Å²) in [5.74, 6) is -0.759. The zero-order valence-electron chi connectivity index (χ0n) is 9.58. The van der Waals surface area contributed by atoms with Crippen LogP contribution in [0.15, 0.2) is 36.4 Å². The van der Waals surface area contributed by atoms with E-state index in [1.807, 2.05) is 0 Å². The molecule has 0 aliphatic heterocycles. The molecule has 0 fully saturated rings. The lowest BCUT2D eigenvalue weighted by molar-refractivity contribution is 0.102. The van der Waals surface area contributed by atoms with Crippen molar-refractivity contribution in [3.05, 3.63) is 58.6 Å². The van der Waals surface area contributed by atoms with Crippen LogP contribution in [0.25, 0.3) is 0 Å². The monoisotopic (exact) mass is 264 g/mol. The van der Waals surface area contributed by atoms with E-state index in [-0.39, 0.29) is 11.1 Å². The second-order valence-electron chi connectivity index (χ2n) is 3.78. The van der Waals surface area contributed by atoms with Gasteiger partial charge in [0.05, 0.1) is 0 Å². The summed E-state index contributed by atoms with van der Waals surface area (Å²) < 4.78 is 13.0. The van der Waals surface area contributed by atoms with Crippen LogP contribution in [-0.2, 0) is 0 Å². The highest BCUT2D eigenvalue weighted by atomic mass is 35.5. The van der Waals surface area contributed by atoms with Gasteiger partial charge in [0, 0.05) is 16.9 Å². The maximum Gasteiger partial charge on any atom is 0.255 e. The summed E-state index contributed by atoms with van der Waals surface area (Å²) in [7, 11) is 0. The zero-order valence-corrected chi connectivity index (χ0v) is 10.3. The van der Waals surface area contributed by atoms with Gasteiger partial charge in [-0.1, -0.05) is 17.7 Å². The number of amides is 1. The molecule has 92 valence electrons. The Hall–Kier alpha value is -1.94. The van der Waals surface area contributed by atoms with Gasteiger partial charge in [0.1, 0.15) is 11.0 Å². The van der Waals surface area contributed by atoms with E-state index in [0.29, 0.717) is 16.9 Å². The van der Waals surface area contributed by atoms with Crippen molar-refractivity contribution < 1.29 is 9.18 Å². The molecule has 1 N–H and O–H groups in total. The van der Waals surface area contributed by atoms with Gasteiger partial charge in [-0.05, 0) is 37.3 Å². The molecular formula is C13H10ClFN2O. The van der Waals surface area contributed by atoms with Crippen LogP contribution in [0.2, 0.25) is 5.15 Å². The number of pyridine rings is 1. The molecule has 0 saturated heterocycles. The van der Waals surface area contributed by atoms with Crippen LogP contribution >= 0.6 is 11.6 Å². The number of nitrogens with one attached hydrogen (secondary N) is 1. The molecule has 18 heavy (non-hydrogen) atoms. The third-order valence-electron chi connectivity index (χ3n) is 2.27. The molecule has 0 aliphatic carbocycles. The van der Waals surface area contributed by atoms with Crippen LogP contribution < -0.4 is 5.32 Å². The predicted molar refractivity (Wildman–Crippen MR) is 68.3 cm³/mol. The number of carbonyl (C=O) groups is 1. The predicted octanol–water partition coefficient (Wildman–Crippen LogP) is 3.43. The van der Waals surface area contributed by atoms with Gasteiger partial charge >= 0.3 is 0 Å². The van der Waals surface area contributed by atoms with E-state index in [1.54, 1.807) is 19.1 Å². The zero-order chi connectivity index (χ0) is 13.1. The fraction of sp³-hybridized carbons (Fsp3) is 0.0769. The molecule has 3 nitrogen and oxygen atoms in total. The Morgan fingerprint density at radius 1 is 1.33 bits per heavy atom. The number of carbonyl (C=O) groups excluding carboxylic acids is 1. The molecule has 1 amide bonds. The van der Waals surface area contributed by atoms with E-state index >= 15 is 0 Å². The lowest BCUT2D eigenvalue weighted by Gasteiger charge is -2.06. The Bertz CT molecular complexity index is 581. The Morgan fingerprint density at radius 2 is 2.11 bits per heavy atom. The second kappa shape index (κ2) is 5.14. The topological polar surface area (TPSA) is 42.0 Å². The number of hydrogen-bond donors (Lipinski definition) is 1. The quantitative estimate of drug-likeness (QED) is 0.845. The lowest BCUT2D eigenvalue weighted by Crippen LogP contribution is -2.12. The first-order valence-corrected chi connectivity index (χ1v) is 5.63. The van der Waals surface area contributed by atoms with Crippen molar-refractivity contribution in [2.75, 3.05) is 5.32 Å². The van der Waals surface area contributed by atoms with Gasteiger partial charge in [-0.2, -0.15) is 0 Å². The molecule has 1 aromatic heterocycles. The molecule has 1 aromatic carbocycles. The summed E-state index contributed by atoms with van der Waals surface area (Å²) in [4.78, 5) is 15.9. The summed E-state index contributed by atoms with van der Waals surface area (Å²) in [5.41, 5.74) is 1.43. The van der Waals surface area contributed by atoms with Gasteiger partial charge in [-0.3, -0.25) is 4.79 Å². The van der Waals surface area contributed by atoms with E-state index in [1.165, 1.54) is 24.3 Å². The smallest absolute Gasteiger partial charge is 0.255 e. The number of aryl methyl sites for hydroxylation is 1. The first-order chi connectivity index (χ1) is 8.54. The summed E-state index contributed by atoms with van der Waals surface area (Å²) in [6.07, 6.45) is 0. The van der Waals surface area contributed by atoms with Crippen LogP contribution in [0, 0.1) is 12.7 Å². The molecule has 2 rings (SSSR count). The molecule has 0 unspecified atom stereocenters. The van der Waals surface area contributed by atoms with E-state index < -0.39 is 5.82 Å². The summed E-state index contributed by atoms with van der Waals surface area (Å²) in [5, 5.41) is 2.84. The van der Waals surface area contributed by atoms with Gasteiger partial charge in [0.25, 0.3) is 5.91 Å². The normalized spacial score (nSPS) is 10.2. The summed E-state index contributed by atoms with van der Waals surface area (Å²) >= 11 is 5.77. The molecule has 0 spiro atoms. The maximum atomic E-state index is 13.0. The highest BCUT2D eigenvalue weighted by Crippen LogP contribution is 2.14. The number of aromatic nitrogens is 1. The Balaban J connectivity index is 2.22. The number of rotatable bonds is 2. The average molecular weight is 265 g/mol. The van der Waals surface area contributed by atoms with Crippen molar-refractivity contribution >= 4 is 23.2 Å². The van der Waals surface area contributed by atoms with E-state index in [9.17, 15) is 9.18 Å². The van der Waals surface area contributed by atoms with Crippen LogP contribution in [0.3, 0.4) is 0 Å². The highest BCUT2D eigenvalue weighted by molar-refractivity contribution is 6.29. The molecule has 0 bridgehead atoms. The van der Waals surface area contributed by atoms with Crippen LogP contribution in [0.5, 0.6) is 0 Å². The van der Waals surface area contributed by atoms with Crippen molar-refractivity contribution in [3.8, 4) is 0 Å². The third-order valence-corrected chi connectivity index (χ3v) is 2.46. The van der Waals surface area contributed by atoms with Gasteiger partial charge < -0.3 is 5.32 Å². The minimum absolute atomic E-state index is 0.249. The number of benzene rings is 1. The molecule has 0 radical (unpaired) electrons. The Morgan fingerprint density at radius 3 is 2.78 bits per heavy atom. The largest absolute Gasteiger partial charge is 0.322 e. The van der Waals surface area contributed by atoms with Crippen molar-refractivity contribution in [3.63, 3.8) is 0 Å². The van der Waals surface area contributed by atoms with E-state index in [2.05, 4.69) is 10.3 Å². The van der Waals surface area contributed by atoms with Crippen LogP contribution in [-0.4, -0.2) is 10.9 Å². The average Bonchev–Trinajstić information content (AvgIpc) is 2.27.